The number of nitrogens with zero attached hydrogens (tertiary/aromatic N) is 2. The van der Waals surface area contributed by atoms with Crippen molar-refractivity contribution in [3.8, 4) is 11.6 Å². The molecule has 0 unspecified atom stereocenters. The molecule has 0 fully saturated rings. The van der Waals surface area contributed by atoms with E-state index in [9.17, 15) is 4.79 Å². The van der Waals surface area contributed by atoms with Gasteiger partial charge in [0.1, 0.15) is 17.7 Å². The van der Waals surface area contributed by atoms with Gasteiger partial charge in [-0.1, -0.05) is 11.2 Å². The summed E-state index contributed by atoms with van der Waals surface area (Å²) in [4.78, 5) is 15.3. The minimum Gasteiger partial charge on any atom is -0.478 e. The highest BCUT2D eigenvalue weighted by molar-refractivity contribution is 6.00. The number of carboxylic acids is 1. The van der Waals surface area contributed by atoms with Crippen molar-refractivity contribution in [3.05, 3.63) is 35.6 Å². The summed E-state index contributed by atoms with van der Waals surface area (Å²) in [5, 5.41) is 12.9. The third kappa shape index (κ3) is 2.04. The average molecular weight is 274 g/mol. The second kappa shape index (κ2) is 4.78. The van der Waals surface area contributed by atoms with Crippen molar-refractivity contribution in [2.45, 2.75) is 6.61 Å². The zero-order valence-corrected chi connectivity index (χ0v) is 10.5. The molecule has 102 valence electrons. The fourth-order valence-corrected chi connectivity index (χ4v) is 1.85. The maximum absolute atomic E-state index is 11.1. The minimum atomic E-state index is -1.07. The summed E-state index contributed by atoms with van der Waals surface area (Å²) < 4.78 is 15.4. The molecule has 1 aromatic carbocycles. The Bertz CT molecular complexity index is 774. The van der Waals surface area contributed by atoms with E-state index in [4.69, 9.17) is 18.8 Å². The number of fused-ring (bicyclic) bond motifs is 1. The first-order valence-corrected chi connectivity index (χ1v) is 5.77. The number of oxazole rings is 1. The molecule has 0 aliphatic carbocycles. The molecule has 2 aromatic heterocycles. The standard InChI is InChI=1S/C13H10N2O5/c1-18-6-7-5-10(15-20-7)12-14-9-4-2-3-8(13(16)17)11(9)19-12/h2-5H,6H2,1H3,(H,16,17). The van der Waals surface area contributed by atoms with Crippen molar-refractivity contribution in [3.63, 3.8) is 0 Å². The van der Waals surface area contributed by atoms with Crippen molar-refractivity contribution >= 4 is 17.1 Å². The van der Waals surface area contributed by atoms with Gasteiger partial charge >= 0.3 is 5.97 Å². The molecule has 0 atom stereocenters. The lowest BCUT2D eigenvalue weighted by molar-refractivity contribution is 0.0698. The maximum Gasteiger partial charge on any atom is 0.339 e. The molecule has 0 bridgehead atoms. The van der Waals surface area contributed by atoms with Gasteiger partial charge in [0.05, 0.1) is 0 Å². The van der Waals surface area contributed by atoms with Gasteiger partial charge in [0.2, 0.25) is 5.89 Å². The third-order valence-corrected chi connectivity index (χ3v) is 2.71. The minimum absolute atomic E-state index is 0.0573. The Balaban J connectivity index is 2.08. The zero-order valence-electron chi connectivity index (χ0n) is 10.5. The number of carbonyl (C=O) groups is 1. The fraction of sp³-hybridized carbons (Fsp3) is 0.154. The van der Waals surface area contributed by atoms with E-state index in [-0.39, 0.29) is 23.6 Å². The van der Waals surface area contributed by atoms with Crippen LogP contribution in [0.25, 0.3) is 22.7 Å². The quantitative estimate of drug-likeness (QED) is 0.779. The summed E-state index contributed by atoms with van der Waals surface area (Å²) in [6, 6.07) is 6.37. The first-order chi connectivity index (χ1) is 9.69. The van der Waals surface area contributed by atoms with E-state index in [2.05, 4.69) is 10.1 Å². The number of aromatic carboxylic acids is 1. The van der Waals surface area contributed by atoms with E-state index in [0.29, 0.717) is 17.0 Å². The molecule has 0 aliphatic rings. The number of hydrogen-bond acceptors (Lipinski definition) is 6. The number of ether oxygens (including phenoxy) is 1. The van der Waals surface area contributed by atoms with Gasteiger partial charge in [-0.15, -0.1) is 0 Å². The van der Waals surface area contributed by atoms with Crippen LogP contribution < -0.4 is 0 Å². The van der Waals surface area contributed by atoms with E-state index in [1.165, 1.54) is 6.07 Å². The maximum atomic E-state index is 11.1. The lowest BCUT2D eigenvalue weighted by atomic mass is 10.2. The second-order valence-electron chi connectivity index (χ2n) is 4.09. The Labute approximate surface area is 112 Å². The fourth-order valence-electron chi connectivity index (χ4n) is 1.85. The van der Waals surface area contributed by atoms with Crippen molar-refractivity contribution in [1.82, 2.24) is 10.1 Å². The van der Waals surface area contributed by atoms with Crippen molar-refractivity contribution < 1.29 is 23.6 Å². The monoisotopic (exact) mass is 274 g/mol. The van der Waals surface area contributed by atoms with E-state index in [1.54, 1.807) is 25.3 Å². The molecule has 2 heterocycles. The highest BCUT2D eigenvalue weighted by atomic mass is 16.5. The lowest BCUT2D eigenvalue weighted by Gasteiger charge is -1.92. The second-order valence-corrected chi connectivity index (χ2v) is 4.09. The summed E-state index contributed by atoms with van der Waals surface area (Å²) in [7, 11) is 1.54. The van der Waals surface area contributed by atoms with Gasteiger partial charge in [0.15, 0.2) is 17.0 Å². The van der Waals surface area contributed by atoms with E-state index in [1.807, 2.05) is 0 Å². The van der Waals surface area contributed by atoms with E-state index >= 15 is 0 Å². The molecule has 20 heavy (non-hydrogen) atoms. The zero-order chi connectivity index (χ0) is 14.1. The van der Waals surface area contributed by atoms with Crippen molar-refractivity contribution in [2.24, 2.45) is 0 Å². The lowest BCUT2D eigenvalue weighted by Crippen LogP contribution is -1.95. The summed E-state index contributed by atoms with van der Waals surface area (Å²) in [5.41, 5.74) is 1.12. The van der Waals surface area contributed by atoms with Crippen LogP contribution in [0, 0.1) is 0 Å². The number of para-hydroxylation sites is 1. The first-order valence-electron chi connectivity index (χ1n) is 5.77. The van der Waals surface area contributed by atoms with Crippen LogP contribution in [0.2, 0.25) is 0 Å². The van der Waals surface area contributed by atoms with Gasteiger partial charge < -0.3 is 18.8 Å². The predicted octanol–water partition coefficient (Wildman–Crippen LogP) is 2.33. The van der Waals surface area contributed by atoms with E-state index in [0.717, 1.165) is 0 Å². The number of carboxylic acid groups (broad SMARTS) is 1. The normalized spacial score (nSPS) is 11.1. The van der Waals surface area contributed by atoms with Crippen LogP contribution in [0.1, 0.15) is 16.1 Å². The van der Waals surface area contributed by atoms with Gasteiger partial charge in [-0.05, 0) is 12.1 Å². The molecule has 0 aliphatic heterocycles. The molecular weight excluding hydrogens is 264 g/mol. The summed E-state index contributed by atoms with van der Waals surface area (Å²) in [6.45, 7) is 0.285. The van der Waals surface area contributed by atoms with Gasteiger partial charge in [0, 0.05) is 13.2 Å². The topological polar surface area (TPSA) is 98.6 Å². The molecule has 1 N–H and O–H groups in total. The van der Waals surface area contributed by atoms with Crippen LogP contribution >= 0.6 is 0 Å². The largest absolute Gasteiger partial charge is 0.478 e. The van der Waals surface area contributed by atoms with Gasteiger partial charge in [-0.3, -0.25) is 0 Å². The molecule has 7 nitrogen and oxygen atoms in total. The molecular formula is C13H10N2O5. The summed E-state index contributed by atoms with van der Waals surface area (Å²) >= 11 is 0. The molecule has 0 spiro atoms. The average Bonchev–Trinajstić information content (AvgIpc) is 3.03. The molecule has 0 saturated carbocycles. The highest BCUT2D eigenvalue weighted by Gasteiger charge is 2.17. The Kier molecular flexibility index (Phi) is 2.96. The van der Waals surface area contributed by atoms with Crippen molar-refractivity contribution in [2.75, 3.05) is 7.11 Å². The number of hydrogen-bond donors (Lipinski definition) is 1. The third-order valence-electron chi connectivity index (χ3n) is 2.71. The Hall–Kier alpha value is -2.67. The predicted molar refractivity (Wildman–Crippen MR) is 67.2 cm³/mol. The first kappa shape index (κ1) is 12.4. The summed E-state index contributed by atoms with van der Waals surface area (Å²) in [6.07, 6.45) is 0. The Morgan fingerprint density at radius 2 is 2.30 bits per heavy atom. The number of rotatable bonds is 4. The molecule has 7 heteroatoms. The smallest absolute Gasteiger partial charge is 0.339 e. The molecule has 0 saturated heterocycles. The van der Waals surface area contributed by atoms with Gasteiger partial charge in [-0.2, -0.15) is 0 Å². The van der Waals surface area contributed by atoms with Crippen LogP contribution in [0.5, 0.6) is 0 Å². The highest BCUT2D eigenvalue weighted by Crippen LogP contribution is 2.26. The van der Waals surface area contributed by atoms with Crippen LogP contribution in [0.4, 0.5) is 0 Å². The van der Waals surface area contributed by atoms with Gasteiger partial charge in [0.25, 0.3) is 0 Å². The van der Waals surface area contributed by atoms with Crippen molar-refractivity contribution in [1.29, 1.82) is 0 Å². The van der Waals surface area contributed by atoms with Gasteiger partial charge in [-0.25, -0.2) is 9.78 Å². The molecule has 0 radical (unpaired) electrons. The Morgan fingerprint density at radius 1 is 1.45 bits per heavy atom. The molecule has 3 aromatic rings. The number of benzene rings is 1. The van der Waals surface area contributed by atoms with Crippen LogP contribution in [-0.4, -0.2) is 28.3 Å². The number of aromatic nitrogens is 2. The molecule has 0 amide bonds. The SMILES string of the molecule is COCc1cc(-c2nc3cccc(C(=O)O)c3o2)no1. The summed E-state index contributed by atoms with van der Waals surface area (Å²) in [5.74, 6) is -0.332. The Morgan fingerprint density at radius 3 is 3.05 bits per heavy atom. The van der Waals surface area contributed by atoms with E-state index < -0.39 is 5.97 Å². The molecule has 3 rings (SSSR count). The van der Waals surface area contributed by atoms with Crippen LogP contribution in [0.15, 0.2) is 33.2 Å². The van der Waals surface area contributed by atoms with Crippen LogP contribution in [-0.2, 0) is 11.3 Å². The van der Waals surface area contributed by atoms with Crippen LogP contribution in [0.3, 0.4) is 0 Å². The number of methoxy groups -OCH3 is 1.